The Hall–Kier alpha value is -1.96. The second-order valence-corrected chi connectivity index (χ2v) is 6.69. The van der Waals surface area contributed by atoms with Crippen molar-refractivity contribution in [1.82, 2.24) is 0 Å². The van der Waals surface area contributed by atoms with E-state index < -0.39 is 0 Å². The lowest BCUT2D eigenvalue weighted by atomic mass is 10.0. The first-order valence-electron chi connectivity index (χ1n) is 9.90. The van der Waals surface area contributed by atoms with Crippen molar-refractivity contribution in [1.29, 1.82) is 0 Å². The Morgan fingerprint density at radius 2 is 1.85 bits per heavy atom. The Bertz CT molecular complexity index is 661. The van der Waals surface area contributed by atoms with E-state index in [2.05, 4.69) is 31.5 Å². The average molecular weight is 356 g/mol. The van der Waals surface area contributed by atoms with Gasteiger partial charge in [0.15, 0.2) is 0 Å². The average Bonchev–Trinajstić information content (AvgIpc) is 3.48. The van der Waals surface area contributed by atoms with Crippen molar-refractivity contribution < 1.29 is 4.39 Å². The van der Waals surface area contributed by atoms with E-state index in [0.29, 0.717) is 12.0 Å². The summed E-state index contributed by atoms with van der Waals surface area (Å²) in [5, 5.41) is 0. The second-order valence-electron chi connectivity index (χ2n) is 6.69. The fourth-order valence-electron chi connectivity index (χ4n) is 2.51. The highest BCUT2D eigenvalue weighted by Gasteiger charge is 2.11. The van der Waals surface area contributed by atoms with Gasteiger partial charge >= 0.3 is 0 Å². The van der Waals surface area contributed by atoms with Crippen molar-refractivity contribution in [3.05, 3.63) is 70.7 Å². The molecule has 1 aromatic rings. The minimum atomic E-state index is -0.157. The van der Waals surface area contributed by atoms with Crippen molar-refractivity contribution in [2.75, 3.05) is 0 Å². The van der Waals surface area contributed by atoms with E-state index in [0.717, 1.165) is 29.7 Å². The molecule has 0 amide bonds. The molecule has 0 unspecified atom stereocenters. The van der Waals surface area contributed by atoms with E-state index in [1.165, 1.54) is 31.3 Å². The number of allylic oxidation sites excluding steroid dienone is 4. The molecule has 0 saturated carbocycles. The summed E-state index contributed by atoms with van der Waals surface area (Å²) in [5.74, 6) is -0.157. The molecule has 1 nitrogen and oxygen atoms in total. The molecule has 0 radical (unpaired) electrons. The lowest BCUT2D eigenvalue weighted by Crippen LogP contribution is -1.96. The first-order chi connectivity index (χ1) is 12.5. The second kappa shape index (κ2) is 12.4. The van der Waals surface area contributed by atoms with Crippen molar-refractivity contribution in [2.24, 2.45) is 4.99 Å². The Balaban J connectivity index is 0.000000487. The third-order valence-electron chi connectivity index (χ3n) is 4.30. The van der Waals surface area contributed by atoms with E-state index in [4.69, 9.17) is 0 Å². The van der Waals surface area contributed by atoms with Gasteiger partial charge in [0.1, 0.15) is 5.82 Å². The van der Waals surface area contributed by atoms with E-state index >= 15 is 0 Å². The summed E-state index contributed by atoms with van der Waals surface area (Å²) in [4.78, 5) is 4.41. The van der Waals surface area contributed by atoms with Crippen molar-refractivity contribution in [2.45, 2.75) is 72.6 Å². The van der Waals surface area contributed by atoms with Crippen molar-refractivity contribution in [3.63, 3.8) is 0 Å². The maximum absolute atomic E-state index is 13.9. The first kappa shape index (κ1) is 22.1. The molecular weight excluding hydrogens is 321 g/mol. The molecular formula is C24H34FN. The summed E-state index contributed by atoms with van der Waals surface area (Å²) < 4.78 is 13.9. The predicted octanol–water partition coefficient (Wildman–Crippen LogP) is 7.38. The number of hydrogen-bond donors (Lipinski definition) is 0. The van der Waals surface area contributed by atoms with Crippen LogP contribution >= 0.6 is 0 Å². The molecule has 0 saturated heterocycles. The number of hydrogen-bond acceptors (Lipinski definition) is 1. The van der Waals surface area contributed by atoms with Crippen LogP contribution in [0.1, 0.15) is 70.9 Å². The number of halogens is 1. The molecule has 0 bridgehead atoms. The molecule has 0 aromatic heterocycles. The molecule has 2 heteroatoms. The van der Waals surface area contributed by atoms with Crippen LogP contribution in [0.5, 0.6) is 0 Å². The summed E-state index contributed by atoms with van der Waals surface area (Å²) >= 11 is 0. The van der Waals surface area contributed by atoms with Gasteiger partial charge in [0.2, 0.25) is 0 Å². The predicted molar refractivity (Wildman–Crippen MR) is 113 cm³/mol. The molecule has 1 aliphatic carbocycles. The number of nitrogens with zero attached hydrogens (tertiary/aromatic N) is 1. The van der Waals surface area contributed by atoms with Crippen LogP contribution < -0.4 is 0 Å². The van der Waals surface area contributed by atoms with Crippen LogP contribution in [0.15, 0.2) is 58.8 Å². The zero-order valence-corrected chi connectivity index (χ0v) is 16.9. The summed E-state index contributed by atoms with van der Waals surface area (Å²) in [6.45, 7) is 12.4. The number of aliphatic imine (C=N–C) groups is 1. The fraction of sp³-hybridized carbons (Fsp3) is 0.458. The summed E-state index contributed by atoms with van der Waals surface area (Å²) in [6.07, 6.45) is 13.8. The monoisotopic (exact) mass is 355 g/mol. The van der Waals surface area contributed by atoms with E-state index in [1.54, 1.807) is 12.3 Å². The van der Waals surface area contributed by atoms with E-state index in [1.807, 2.05) is 32.1 Å². The third-order valence-corrected chi connectivity index (χ3v) is 4.30. The molecule has 1 aromatic carbocycles. The maximum Gasteiger partial charge on any atom is 0.127 e. The standard InChI is InChI=1S/C18H20FN.C6H14/c1-4-14-6-7-16(17(19)11-14)10-13(3)12-20-18(5-2)15-8-9-15;1-3-5-6-4-2/h5-8,11-12H,3-4,9-10H2,1-2H3;3-6H2,1-2H3/b18-5-,20-12?;. The molecule has 1 aliphatic rings. The van der Waals surface area contributed by atoms with Gasteiger partial charge in [-0.2, -0.15) is 0 Å². The van der Waals surface area contributed by atoms with Gasteiger partial charge in [-0.05, 0) is 48.1 Å². The number of rotatable bonds is 9. The summed E-state index contributed by atoms with van der Waals surface area (Å²) in [5.41, 5.74) is 4.77. The number of unbranched alkanes of at least 4 members (excludes halogenated alkanes) is 3. The first-order valence-corrected chi connectivity index (χ1v) is 9.90. The van der Waals surface area contributed by atoms with Gasteiger partial charge in [-0.25, -0.2) is 4.39 Å². The van der Waals surface area contributed by atoms with Gasteiger partial charge in [-0.15, -0.1) is 0 Å². The summed E-state index contributed by atoms with van der Waals surface area (Å²) in [7, 11) is 0. The SMILES string of the molecule is C=C(C=N/C(=C\C)C1=CC1)Cc1ccc(CC)cc1F.CCCCCC. The highest BCUT2D eigenvalue weighted by atomic mass is 19.1. The normalized spacial score (nSPS) is 13.3. The molecule has 0 atom stereocenters. The molecule has 0 N–H and O–H groups in total. The van der Waals surface area contributed by atoms with Gasteiger partial charge in [-0.3, -0.25) is 4.99 Å². The van der Waals surface area contributed by atoms with Crippen LogP contribution in [-0.2, 0) is 12.8 Å². The Morgan fingerprint density at radius 3 is 2.31 bits per heavy atom. The lowest BCUT2D eigenvalue weighted by Gasteiger charge is -2.05. The molecule has 2 rings (SSSR count). The number of aryl methyl sites for hydroxylation is 1. The molecule has 0 fully saturated rings. The molecule has 0 aliphatic heterocycles. The van der Waals surface area contributed by atoms with Crippen molar-refractivity contribution >= 4 is 6.21 Å². The van der Waals surface area contributed by atoms with Gasteiger partial charge < -0.3 is 0 Å². The van der Waals surface area contributed by atoms with Crippen LogP contribution in [0.3, 0.4) is 0 Å². The van der Waals surface area contributed by atoms with Crippen LogP contribution in [-0.4, -0.2) is 6.21 Å². The van der Waals surface area contributed by atoms with E-state index in [-0.39, 0.29) is 5.82 Å². The topological polar surface area (TPSA) is 12.4 Å². The quantitative estimate of drug-likeness (QED) is 0.324. The van der Waals surface area contributed by atoms with Gasteiger partial charge in [0, 0.05) is 12.6 Å². The van der Waals surface area contributed by atoms with Crippen molar-refractivity contribution in [3.8, 4) is 0 Å². The third kappa shape index (κ3) is 8.42. The number of benzene rings is 1. The largest absolute Gasteiger partial charge is 0.257 e. The minimum Gasteiger partial charge on any atom is -0.257 e. The van der Waals surface area contributed by atoms with Crippen LogP contribution in [0, 0.1) is 5.82 Å². The molecule has 0 heterocycles. The Morgan fingerprint density at radius 1 is 1.19 bits per heavy atom. The molecule has 0 spiro atoms. The Kier molecular flexibility index (Phi) is 10.5. The van der Waals surface area contributed by atoms with Gasteiger partial charge in [-0.1, -0.05) is 77.3 Å². The maximum atomic E-state index is 13.9. The zero-order valence-electron chi connectivity index (χ0n) is 16.9. The highest BCUT2D eigenvalue weighted by Crippen LogP contribution is 2.27. The minimum absolute atomic E-state index is 0.157. The molecule has 26 heavy (non-hydrogen) atoms. The van der Waals surface area contributed by atoms with Gasteiger partial charge in [0.25, 0.3) is 0 Å². The van der Waals surface area contributed by atoms with Crippen LogP contribution in [0.4, 0.5) is 4.39 Å². The van der Waals surface area contributed by atoms with Crippen LogP contribution in [0.25, 0.3) is 0 Å². The molecule has 142 valence electrons. The Labute approximate surface area is 159 Å². The lowest BCUT2D eigenvalue weighted by molar-refractivity contribution is 0.612. The van der Waals surface area contributed by atoms with Crippen LogP contribution in [0.2, 0.25) is 0 Å². The zero-order chi connectivity index (χ0) is 19.4. The summed E-state index contributed by atoms with van der Waals surface area (Å²) in [6, 6.07) is 5.41. The highest BCUT2D eigenvalue weighted by molar-refractivity contribution is 5.80. The van der Waals surface area contributed by atoms with Gasteiger partial charge in [0.05, 0.1) is 5.70 Å². The smallest absolute Gasteiger partial charge is 0.127 e. The fourth-order valence-corrected chi connectivity index (χ4v) is 2.51. The van der Waals surface area contributed by atoms with E-state index in [9.17, 15) is 4.39 Å².